The molecular weight excluding hydrogens is 451 g/mol. The molecule has 0 bridgehead atoms. The van der Waals surface area contributed by atoms with Crippen LogP contribution >= 0.6 is 39.7 Å². The van der Waals surface area contributed by atoms with Gasteiger partial charge in [-0.05, 0) is 62.5 Å². The van der Waals surface area contributed by atoms with Crippen LogP contribution in [0.2, 0.25) is 5.02 Å². The highest BCUT2D eigenvalue weighted by atomic mass is 79.9. The number of hydrogen-bond acceptors (Lipinski definition) is 2. The van der Waals surface area contributed by atoms with Crippen molar-refractivity contribution in [2.24, 2.45) is 0 Å². The molecule has 0 saturated carbocycles. The van der Waals surface area contributed by atoms with Crippen LogP contribution in [0.25, 0.3) is 0 Å². The van der Waals surface area contributed by atoms with Gasteiger partial charge in [0.15, 0.2) is 5.11 Å². The van der Waals surface area contributed by atoms with Crippen molar-refractivity contribution in [2.75, 3.05) is 10.6 Å². The first kappa shape index (κ1) is 19.8. The first-order chi connectivity index (χ1) is 12.8. The summed E-state index contributed by atoms with van der Waals surface area (Å²) in [7, 11) is 0. The molecule has 140 valence electrons. The van der Waals surface area contributed by atoms with Gasteiger partial charge in [0.1, 0.15) is 5.82 Å². The highest BCUT2D eigenvalue weighted by molar-refractivity contribution is 9.10. The third-order valence-electron chi connectivity index (χ3n) is 4.09. The summed E-state index contributed by atoms with van der Waals surface area (Å²) in [6, 6.07) is 12.3. The van der Waals surface area contributed by atoms with Crippen LogP contribution in [0.4, 0.5) is 15.8 Å². The average molecular weight is 468 g/mol. The molecule has 3 aromatic rings. The van der Waals surface area contributed by atoms with E-state index in [2.05, 4.69) is 31.7 Å². The fourth-order valence-corrected chi connectivity index (χ4v) is 3.38. The number of nitrogens with one attached hydrogen (secondary N) is 2. The summed E-state index contributed by atoms with van der Waals surface area (Å²) in [5.74, 6) is -0.350. The minimum absolute atomic E-state index is 0.243. The molecule has 3 rings (SSSR count). The zero-order chi connectivity index (χ0) is 19.6. The maximum Gasteiger partial charge on any atom is 0.175 e. The molecule has 0 aliphatic heterocycles. The lowest BCUT2D eigenvalue weighted by Gasteiger charge is -2.12. The molecule has 27 heavy (non-hydrogen) atoms. The largest absolute Gasteiger partial charge is 0.332 e. The van der Waals surface area contributed by atoms with E-state index in [1.54, 1.807) is 16.8 Å². The maximum absolute atomic E-state index is 14.1. The van der Waals surface area contributed by atoms with Crippen LogP contribution in [-0.2, 0) is 6.54 Å². The summed E-state index contributed by atoms with van der Waals surface area (Å²) < 4.78 is 16.8. The fourth-order valence-electron chi connectivity index (χ4n) is 2.67. The van der Waals surface area contributed by atoms with E-state index < -0.39 is 0 Å². The van der Waals surface area contributed by atoms with E-state index in [9.17, 15) is 4.39 Å². The van der Waals surface area contributed by atoms with Gasteiger partial charge in [0, 0.05) is 20.7 Å². The molecule has 0 fully saturated rings. The number of benzene rings is 2. The molecule has 1 heterocycles. The fraction of sp³-hybridized carbons (Fsp3) is 0.158. The molecule has 2 aromatic carbocycles. The molecule has 0 radical (unpaired) electrons. The molecule has 0 spiro atoms. The van der Waals surface area contributed by atoms with Crippen LogP contribution in [-0.4, -0.2) is 14.9 Å². The van der Waals surface area contributed by atoms with Crippen molar-refractivity contribution < 1.29 is 4.39 Å². The van der Waals surface area contributed by atoms with E-state index in [0.717, 1.165) is 27.2 Å². The molecule has 1 aromatic heterocycles. The lowest BCUT2D eigenvalue weighted by atomic mass is 10.2. The zero-order valence-corrected chi connectivity index (χ0v) is 17.8. The van der Waals surface area contributed by atoms with Crippen molar-refractivity contribution in [2.45, 2.75) is 20.4 Å². The molecular formula is C19H17BrClFN4S. The predicted octanol–water partition coefficient (Wildman–Crippen LogP) is 5.91. The highest BCUT2D eigenvalue weighted by Gasteiger charge is 2.15. The topological polar surface area (TPSA) is 41.9 Å². The minimum Gasteiger partial charge on any atom is -0.332 e. The summed E-state index contributed by atoms with van der Waals surface area (Å²) in [5.41, 5.74) is 3.67. The Kier molecular flexibility index (Phi) is 6.14. The maximum atomic E-state index is 14.1. The van der Waals surface area contributed by atoms with Gasteiger partial charge in [-0.3, -0.25) is 4.68 Å². The van der Waals surface area contributed by atoms with Crippen molar-refractivity contribution in [1.29, 1.82) is 0 Å². The van der Waals surface area contributed by atoms with E-state index >= 15 is 0 Å². The quantitative estimate of drug-likeness (QED) is 0.468. The molecule has 8 heteroatoms. The van der Waals surface area contributed by atoms with Crippen LogP contribution in [0.15, 0.2) is 46.9 Å². The van der Waals surface area contributed by atoms with E-state index in [4.69, 9.17) is 23.8 Å². The SMILES string of the molecule is Cc1nn(Cc2c(F)cccc2Cl)c(C)c1NC(=S)Nc1ccc(Br)cc1. The van der Waals surface area contributed by atoms with Gasteiger partial charge < -0.3 is 10.6 Å². The van der Waals surface area contributed by atoms with E-state index in [-0.39, 0.29) is 12.4 Å². The Morgan fingerprint density at radius 1 is 1.19 bits per heavy atom. The Morgan fingerprint density at radius 2 is 1.89 bits per heavy atom. The Bertz CT molecular complexity index is 968. The number of thiocarbonyl (C=S) groups is 1. The van der Waals surface area contributed by atoms with Crippen LogP contribution in [0, 0.1) is 19.7 Å². The summed E-state index contributed by atoms with van der Waals surface area (Å²) >= 11 is 14.9. The molecule has 4 nitrogen and oxygen atoms in total. The van der Waals surface area contributed by atoms with Crippen molar-refractivity contribution >= 4 is 56.2 Å². The number of halogens is 3. The van der Waals surface area contributed by atoms with Gasteiger partial charge in [0.05, 0.1) is 23.6 Å². The summed E-state index contributed by atoms with van der Waals surface area (Å²) in [6.07, 6.45) is 0. The first-order valence-corrected chi connectivity index (χ1v) is 9.73. The molecule has 0 saturated heterocycles. The second-order valence-electron chi connectivity index (χ2n) is 5.99. The van der Waals surface area contributed by atoms with Gasteiger partial charge in [0.25, 0.3) is 0 Å². The van der Waals surface area contributed by atoms with Gasteiger partial charge in [0.2, 0.25) is 0 Å². The van der Waals surface area contributed by atoms with E-state index in [1.165, 1.54) is 6.07 Å². The van der Waals surface area contributed by atoms with Gasteiger partial charge in [-0.25, -0.2) is 4.39 Å². The third-order valence-corrected chi connectivity index (χ3v) is 5.18. The predicted molar refractivity (Wildman–Crippen MR) is 116 cm³/mol. The van der Waals surface area contributed by atoms with Crippen LogP contribution < -0.4 is 10.6 Å². The molecule has 0 unspecified atom stereocenters. The Balaban J connectivity index is 1.77. The number of anilines is 2. The summed E-state index contributed by atoms with van der Waals surface area (Å²) in [6.45, 7) is 4.02. The van der Waals surface area contributed by atoms with Crippen LogP contribution in [0.5, 0.6) is 0 Å². The molecule has 0 aliphatic carbocycles. The van der Waals surface area contributed by atoms with Crippen LogP contribution in [0.3, 0.4) is 0 Å². The highest BCUT2D eigenvalue weighted by Crippen LogP contribution is 2.25. The lowest BCUT2D eigenvalue weighted by molar-refractivity contribution is 0.579. The Labute approximate surface area is 175 Å². The first-order valence-electron chi connectivity index (χ1n) is 8.15. The van der Waals surface area contributed by atoms with Gasteiger partial charge >= 0.3 is 0 Å². The normalized spacial score (nSPS) is 10.7. The average Bonchev–Trinajstić information content (AvgIpc) is 2.88. The number of rotatable bonds is 4. The number of aryl methyl sites for hydroxylation is 1. The zero-order valence-electron chi connectivity index (χ0n) is 14.7. The molecule has 0 amide bonds. The third kappa shape index (κ3) is 4.66. The van der Waals surface area contributed by atoms with Crippen molar-refractivity contribution in [3.8, 4) is 0 Å². The second-order valence-corrected chi connectivity index (χ2v) is 7.72. The molecule has 2 N–H and O–H groups in total. The standard InChI is InChI=1S/C19H17BrClFN4S/c1-11-18(24-19(27)23-14-8-6-13(20)7-9-14)12(2)26(25-11)10-15-16(21)4-3-5-17(15)22/h3-9H,10H2,1-2H3,(H2,23,24,27). The van der Waals surface area contributed by atoms with E-state index in [1.807, 2.05) is 38.1 Å². The summed E-state index contributed by atoms with van der Waals surface area (Å²) in [4.78, 5) is 0. The molecule has 0 aliphatic rings. The Hall–Kier alpha value is -1.96. The number of hydrogen-bond donors (Lipinski definition) is 2. The van der Waals surface area contributed by atoms with Gasteiger partial charge in [-0.1, -0.05) is 33.6 Å². The van der Waals surface area contributed by atoms with Crippen molar-refractivity contribution in [3.05, 3.63) is 74.7 Å². The van der Waals surface area contributed by atoms with Crippen LogP contribution in [0.1, 0.15) is 17.0 Å². The second kappa shape index (κ2) is 8.37. The van der Waals surface area contributed by atoms with E-state index in [0.29, 0.717) is 15.7 Å². The van der Waals surface area contributed by atoms with Crippen molar-refractivity contribution in [3.63, 3.8) is 0 Å². The van der Waals surface area contributed by atoms with Crippen molar-refractivity contribution in [1.82, 2.24) is 9.78 Å². The van der Waals surface area contributed by atoms with Gasteiger partial charge in [-0.15, -0.1) is 0 Å². The lowest BCUT2D eigenvalue weighted by Crippen LogP contribution is -2.20. The monoisotopic (exact) mass is 466 g/mol. The summed E-state index contributed by atoms with van der Waals surface area (Å²) in [5, 5.41) is 11.6. The number of aromatic nitrogens is 2. The van der Waals surface area contributed by atoms with Gasteiger partial charge in [-0.2, -0.15) is 5.10 Å². The molecule has 0 atom stereocenters. The Morgan fingerprint density at radius 3 is 2.56 bits per heavy atom. The smallest absolute Gasteiger partial charge is 0.175 e. The minimum atomic E-state index is -0.350. The number of nitrogens with zero attached hydrogens (tertiary/aromatic N) is 2.